The Labute approximate surface area is 294 Å². The Kier molecular flexibility index (Phi) is 6.77. The normalized spacial score (nSPS) is 13.0. The zero-order chi connectivity index (χ0) is 33.7. The molecule has 4 aromatic carbocycles. The van der Waals surface area contributed by atoms with Crippen molar-refractivity contribution in [2.24, 2.45) is 4.99 Å². The molecule has 0 aliphatic carbocycles. The van der Waals surface area contributed by atoms with E-state index in [-0.39, 0.29) is 0 Å². The highest BCUT2D eigenvalue weighted by Crippen LogP contribution is 2.35. The van der Waals surface area contributed by atoms with Gasteiger partial charge in [-0.15, -0.1) is 0 Å². The van der Waals surface area contributed by atoms with Crippen molar-refractivity contribution in [1.29, 1.82) is 0 Å². The lowest BCUT2D eigenvalue weighted by Crippen LogP contribution is -2.03. The second-order valence-electron chi connectivity index (χ2n) is 12.7. The van der Waals surface area contributed by atoms with Crippen LogP contribution in [0.5, 0.6) is 0 Å². The van der Waals surface area contributed by atoms with E-state index in [0.717, 1.165) is 95.5 Å². The van der Waals surface area contributed by atoms with E-state index in [1.807, 2.05) is 30.7 Å². The lowest BCUT2D eigenvalue weighted by atomic mass is 10.00. The molecule has 0 N–H and O–H groups in total. The molecule has 5 aromatic heterocycles. The summed E-state index contributed by atoms with van der Waals surface area (Å²) in [6.45, 7) is 0. The lowest BCUT2D eigenvalue weighted by Gasteiger charge is -2.14. The van der Waals surface area contributed by atoms with Crippen molar-refractivity contribution in [2.45, 2.75) is 6.42 Å². The van der Waals surface area contributed by atoms with Crippen molar-refractivity contribution in [1.82, 2.24) is 24.1 Å². The van der Waals surface area contributed by atoms with Gasteiger partial charge in [-0.2, -0.15) is 0 Å². The summed E-state index contributed by atoms with van der Waals surface area (Å²) in [5.74, 6) is 0. The highest BCUT2D eigenvalue weighted by molar-refractivity contribution is 6.09. The van der Waals surface area contributed by atoms with E-state index in [2.05, 4.69) is 149 Å². The lowest BCUT2D eigenvalue weighted by molar-refractivity contribution is 1.17. The SMILES string of the molecule is C1=CN=C(c2cc(-c3cccc(-n4c5ccccc5c5ncccc54)c3)cc(-c3cccc(-n4c5ccccc5c5ncccc54)c3)n2)C=CC1. The maximum Gasteiger partial charge on any atom is 0.0963 e. The van der Waals surface area contributed by atoms with Gasteiger partial charge in [0.25, 0.3) is 0 Å². The molecule has 10 rings (SSSR count). The van der Waals surface area contributed by atoms with Gasteiger partial charge in [0.05, 0.1) is 50.2 Å². The molecular formula is C45H30N6. The molecule has 0 bridgehead atoms. The summed E-state index contributed by atoms with van der Waals surface area (Å²) in [5, 5.41) is 2.27. The van der Waals surface area contributed by atoms with Gasteiger partial charge in [-0.25, -0.2) is 4.98 Å². The number of para-hydroxylation sites is 2. The molecule has 0 radical (unpaired) electrons. The van der Waals surface area contributed by atoms with E-state index in [1.54, 1.807) is 0 Å². The summed E-state index contributed by atoms with van der Waals surface area (Å²) in [7, 11) is 0. The summed E-state index contributed by atoms with van der Waals surface area (Å²) in [6, 6.07) is 46.9. The van der Waals surface area contributed by atoms with Gasteiger partial charge in [-0.05, 0) is 96.4 Å². The van der Waals surface area contributed by atoms with E-state index < -0.39 is 0 Å². The first-order valence-corrected chi connectivity index (χ1v) is 17.1. The molecule has 0 amide bonds. The molecule has 240 valence electrons. The third kappa shape index (κ3) is 4.88. The van der Waals surface area contributed by atoms with Gasteiger partial charge < -0.3 is 9.13 Å². The van der Waals surface area contributed by atoms with Gasteiger partial charge in [0, 0.05) is 46.3 Å². The molecule has 0 spiro atoms. The van der Waals surface area contributed by atoms with Crippen LogP contribution in [0.3, 0.4) is 0 Å². The summed E-state index contributed by atoms with van der Waals surface area (Å²) in [6.07, 6.45) is 12.7. The Balaban J connectivity index is 1.16. The van der Waals surface area contributed by atoms with E-state index in [9.17, 15) is 0 Å². The number of pyridine rings is 3. The van der Waals surface area contributed by atoms with E-state index in [4.69, 9.17) is 19.9 Å². The van der Waals surface area contributed by atoms with E-state index in [1.165, 1.54) is 0 Å². The van der Waals surface area contributed by atoms with Gasteiger partial charge in [0.1, 0.15) is 0 Å². The van der Waals surface area contributed by atoms with Gasteiger partial charge >= 0.3 is 0 Å². The zero-order valence-corrected chi connectivity index (χ0v) is 27.6. The molecule has 1 aliphatic heterocycles. The largest absolute Gasteiger partial charge is 0.308 e. The standard InChI is InChI=1S/C45H30N6/c1-2-18-37(46-23-7-1)39-29-32(30-12-8-14-33(26-30)50-40-19-5-3-16-35(40)44-42(50)21-10-24-47-44)28-38(49-39)31-13-9-15-34(27-31)51-41-20-6-4-17-36(41)45-43(51)22-11-25-48-45/h2-29H,1H2. The molecule has 51 heavy (non-hydrogen) atoms. The highest BCUT2D eigenvalue weighted by Gasteiger charge is 2.17. The molecule has 9 aromatic rings. The summed E-state index contributed by atoms with van der Waals surface area (Å²) < 4.78 is 4.59. The minimum atomic E-state index is 0.822. The second-order valence-corrected chi connectivity index (χ2v) is 12.7. The molecule has 6 heterocycles. The van der Waals surface area contributed by atoms with Crippen LogP contribution in [0.25, 0.3) is 77.6 Å². The second kappa shape index (κ2) is 11.9. The first kappa shape index (κ1) is 29.0. The fourth-order valence-electron chi connectivity index (χ4n) is 7.38. The van der Waals surface area contributed by atoms with Gasteiger partial charge in [-0.3, -0.25) is 15.0 Å². The fraction of sp³-hybridized carbons (Fsp3) is 0.0222. The Hall–Kier alpha value is -6.92. The Bertz CT molecular complexity index is 2620. The van der Waals surface area contributed by atoms with Gasteiger partial charge in [-0.1, -0.05) is 72.8 Å². The number of hydrogen-bond donors (Lipinski definition) is 0. The van der Waals surface area contributed by atoms with E-state index >= 15 is 0 Å². The van der Waals surface area contributed by atoms with Crippen LogP contribution in [-0.4, -0.2) is 29.8 Å². The predicted octanol–water partition coefficient (Wildman–Crippen LogP) is 10.7. The number of aromatic nitrogens is 5. The predicted molar refractivity (Wildman–Crippen MR) is 209 cm³/mol. The smallest absolute Gasteiger partial charge is 0.0963 e. The third-order valence-electron chi connectivity index (χ3n) is 9.65. The Morgan fingerprint density at radius 3 is 1.75 bits per heavy atom. The Morgan fingerprint density at radius 1 is 0.471 bits per heavy atom. The van der Waals surface area contributed by atoms with Crippen molar-refractivity contribution in [3.05, 3.63) is 176 Å². The third-order valence-corrected chi connectivity index (χ3v) is 9.65. The topological polar surface area (TPSA) is 60.9 Å². The van der Waals surface area contributed by atoms with Crippen LogP contribution in [0, 0.1) is 0 Å². The van der Waals surface area contributed by atoms with Crippen LogP contribution in [0.15, 0.2) is 175 Å². The zero-order valence-electron chi connectivity index (χ0n) is 27.6. The number of aliphatic imine (C=N–C) groups is 1. The monoisotopic (exact) mass is 654 g/mol. The molecule has 6 heteroatoms. The molecule has 0 unspecified atom stereocenters. The van der Waals surface area contributed by atoms with Crippen LogP contribution >= 0.6 is 0 Å². The molecule has 0 fully saturated rings. The van der Waals surface area contributed by atoms with Crippen molar-refractivity contribution in [3.63, 3.8) is 0 Å². The van der Waals surface area contributed by atoms with Crippen LogP contribution in [0.4, 0.5) is 0 Å². The van der Waals surface area contributed by atoms with Crippen LogP contribution in [0.1, 0.15) is 12.1 Å². The number of hydrogen-bond acceptors (Lipinski definition) is 4. The first-order valence-electron chi connectivity index (χ1n) is 17.1. The molecule has 0 saturated carbocycles. The summed E-state index contributed by atoms with van der Waals surface area (Å²) in [4.78, 5) is 19.5. The molecule has 0 atom stereocenters. The number of allylic oxidation sites excluding steroid dienone is 3. The minimum absolute atomic E-state index is 0.822. The average Bonchev–Trinajstić information content (AvgIpc) is 3.56. The maximum absolute atomic E-state index is 5.24. The quantitative estimate of drug-likeness (QED) is 0.186. The number of rotatable bonds is 5. The van der Waals surface area contributed by atoms with Crippen LogP contribution in [0.2, 0.25) is 0 Å². The van der Waals surface area contributed by atoms with Crippen LogP contribution < -0.4 is 0 Å². The maximum atomic E-state index is 5.24. The van der Waals surface area contributed by atoms with Gasteiger partial charge in [0.15, 0.2) is 0 Å². The number of benzene rings is 4. The van der Waals surface area contributed by atoms with Crippen molar-refractivity contribution >= 4 is 49.6 Å². The van der Waals surface area contributed by atoms with E-state index in [0.29, 0.717) is 0 Å². The number of fused-ring (bicyclic) bond motifs is 6. The molecular weight excluding hydrogens is 625 g/mol. The molecule has 1 aliphatic rings. The van der Waals surface area contributed by atoms with Crippen LogP contribution in [-0.2, 0) is 0 Å². The van der Waals surface area contributed by atoms with Crippen molar-refractivity contribution in [3.8, 4) is 33.8 Å². The average molecular weight is 655 g/mol. The summed E-state index contributed by atoms with van der Waals surface area (Å²) in [5.41, 5.74) is 14.2. The van der Waals surface area contributed by atoms with Gasteiger partial charge in [0.2, 0.25) is 0 Å². The minimum Gasteiger partial charge on any atom is -0.308 e. The summed E-state index contributed by atoms with van der Waals surface area (Å²) >= 11 is 0. The molecule has 6 nitrogen and oxygen atoms in total. The molecule has 0 saturated heterocycles. The number of nitrogens with zero attached hydrogens (tertiary/aromatic N) is 6. The van der Waals surface area contributed by atoms with Crippen molar-refractivity contribution in [2.75, 3.05) is 0 Å². The fourth-order valence-corrected chi connectivity index (χ4v) is 7.38. The highest BCUT2D eigenvalue weighted by atomic mass is 15.0. The van der Waals surface area contributed by atoms with Crippen molar-refractivity contribution < 1.29 is 0 Å². The Morgan fingerprint density at radius 2 is 1.06 bits per heavy atom. The first-order chi connectivity index (χ1) is 25.3.